The molecular weight excluding hydrogens is 333 g/mol. The minimum atomic E-state index is -4.80. The molecule has 0 amide bonds. The number of ether oxygens (including phenoxy) is 2. The highest BCUT2D eigenvalue weighted by Gasteiger charge is 2.39. The molecule has 0 bridgehead atoms. The first-order valence-corrected chi connectivity index (χ1v) is 7.70. The summed E-state index contributed by atoms with van der Waals surface area (Å²) >= 11 is 0. The van der Waals surface area contributed by atoms with Gasteiger partial charge in [-0.3, -0.25) is 0 Å². The van der Waals surface area contributed by atoms with Crippen molar-refractivity contribution < 1.29 is 27.4 Å². The molecule has 0 aliphatic heterocycles. The molecule has 0 unspecified atom stereocenters. The van der Waals surface area contributed by atoms with Crippen molar-refractivity contribution in [3.63, 3.8) is 0 Å². The lowest BCUT2D eigenvalue weighted by Crippen LogP contribution is -2.33. The van der Waals surface area contributed by atoms with Crippen LogP contribution in [0.1, 0.15) is 20.3 Å². The molecule has 0 atom stereocenters. The first-order chi connectivity index (χ1) is 11.6. The Bertz CT molecular complexity index is 774. The molecule has 0 fully saturated rings. The molecule has 0 saturated carbocycles. The average molecular weight is 352 g/mol. The normalized spacial score (nSPS) is 12.0. The third-order valence-electron chi connectivity index (χ3n) is 3.67. The van der Waals surface area contributed by atoms with E-state index in [0.717, 1.165) is 10.8 Å². The summed E-state index contributed by atoms with van der Waals surface area (Å²) in [5.74, 6) is -0.803. The van der Waals surface area contributed by atoms with Gasteiger partial charge in [0.15, 0.2) is 0 Å². The number of carbonyl (C=O) groups excluding carboxylic acids is 1. The van der Waals surface area contributed by atoms with Crippen LogP contribution < -0.4 is 4.74 Å². The van der Waals surface area contributed by atoms with Gasteiger partial charge in [0, 0.05) is 11.8 Å². The minimum absolute atomic E-state index is 0.187. The summed E-state index contributed by atoms with van der Waals surface area (Å²) < 4.78 is 48.1. The average Bonchev–Trinajstić information content (AvgIpc) is 2.53. The maximum Gasteiger partial charge on any atom is 0.422 e. The monoisotopic (exact) mass is 352 g/mol. The first kappa shape index (κ1) is 18.8. The second-order valence-electron chi connectivity index (χ2n) is 6.20. The van der Waals surface area contributed by atoms with Crippen LogP contribution in [-0.2, 0) is 9.53 Å². The minimum Gasteiger partial charge on any atom is -0.493 e. The zero-order valence-corrected chi connectivity index (χ0v) is 14.0. The molecule has 2 aromatic rings. The van der Waals surface area contributed by atoms with Crippen LogP contribution in [-0.4, -0.2) is 24.4 Å². The molecular formula is C19H19F3O3. The molecule has 2 rings (SSSR count). The van der Waals surface area contributed by atoms with Crippen molar-refractivity contribution in [3.05, 3.63) is 54.6 Å². The van der Waals surface area contributed by atoms with Crippen molar-refractivity contribution in [1.29, 1.82) is 0 Å². The van der Waals surface area contributed by atoms with E-state index in [1.165, 1.54) is 13.8 Å². The van der Waals surface area contributed by atoms with Crippen LogP contribution in [0.4, 0.5) is 13.2 Å². The van der Waals surface area contributed by atoms with E-state index in [2.05, 4.69) is 6.58 Å². The molecule has 0 N–H and O–H groups in total. The number of fused-ring (bicyclic) bond motifs is 1. The molecule has 0 aromatic heterocycles. The molecule has 25 heavy (non-hydrogen) atoms. The van der Waals surface area contributed by atoms with Crippen molar-refractivity contribution >= 4 is 16.7 Å². The smallest absolute Gasteiger partial charge is 0.422 e. The Labute approximate surface area is 144 Å². The predicted molar refractivity (Wildman–Crippen MR) is 89.4 cm³/mol. The second-order valence-corrected chi connectivity index (χ2v) is 6.20. The van der Waals surface area contributed by atoms with E-state index in [-0.39, 0.29) is 13.0 Å². The van der Waals surface area contributed by atoms with Gasteiger partial charge in [0.25, 0.3) is 0 Å². The van der Waals surface area contributed by atoms with Crippen molar-refractivity contribution in [2.45, 2.75) is 32.0 Å². The van der Waals surface area contributed by atoms with Crippen LogP contribution >= 0.6 is 0 Å². The summed E-state index contributed by atoms with van der Waals surface area (Å²) in [6, 6.07) is 13.3. The largest absolute Gasteiger partial charge is 0.493 e. The predicted octanol–water partition coefficient (Wildman–Crippen LogP) is 5.05. The maximum atomic E-state index is 12.5. The summed E-state index contributed by atoms with van der Waals surface area (Å²) in [7, 11) is 0. The molecule has 0 aliphatic rings. The van der Waals surface area contributed by atoms with Gasteiger partial charge in [-0.05, 0) is 25.3 Å². The highest BCUT2D eigenvalue weighted by Crippen LogP contribution is 2.28. The fourth-order valence-corrected chi connectivity index (χ4v) is 2.21. The van der Waals surface area contributed by atoms with Crippen LogP contribution in [0.25, 0.3) is 10.8 Å². The van der Waals surface area contributed by atoms with Gasteiger partial charge >= 0.3 is 12.1 Å². The molecule has 3 nitrogen and oxygen atoms in total. The van der Waals surface area contributed by atoms with Gasteiger partial charge in [0.2, 0.25) is 0 Å². The molecule has 0 aliphatic carbocycles. The van der Waals surface area contributed by atoms with Crippen LogP contribution in [0, 0.1) is 0 Å². The SMILES string of the molecule is C=C(C(=O)OC(C)(C)CCOc1cccc2ccccc12)C(F)(F)F. The molecule has 134 valence electrons. The Balaban J connectivity index is 1.96. The molecule has 0 saturated heterocycles. The van der Waals surface area contributed by atoms with Crippen LogP contribution in [0.5, 0.6) is 5.75 Å². The van der Waals surface area contributed by atoms with Gasteiger partial charge < -0.3 is 9.47 Å². The Morgan fingerprint density at radius 2 is 1.72 bits per heavy atom. The van der Waals surface area contributed by atoms with E-state index in [1.807, 2.05) is 42.5 Å². The van der Waals surface area contributed by atoms with Crippen molar-refractivity contribution in [1.82, 2.24) is 0 Å². The highest BCUT2D eigenvalue weighted by atomic mass is 19.4. The standard InChI is InChI=1S/C19H19F3O3/c1-13(19(20,21)22)17(23)25-18(2,3)11-12-24-16-10-6-8-14-7-4-5-9-15(14)16/h4-10H,1,11-12H2,2-3H3. The van der Waals surface area contributed by atoms with Crippen LogP contribution in [0.3, 0.4) is 0 Å². The Morgan fingerprint density at radius 1 is 1.08 bits per heavy atom. The third kappa shape index (κ3) is 4.98. The van der Waals surface area contributed by atoms with Gasteiger partial charge in [-0.1, -0.05) is 43.0 Å². The molecule has 0 heterocycles. The topological polar surface area (TPSA) is 35.5 Å². The maximum absolute atomic E-state index is 12.5. The number of alkyl halides is 3. The van der Waals surface area contributed by atoms with Gasteiger partial charge in [-0.2, -0.15) is 13.2 Å². The van der Waals surface area contributed by atoms with E-state index >= 15 is 0 Å². The number of halogens is 3. The van der Waals surface area contributed by atoms with Gasteiger partial charge in [-0.25, -0.2) is 4.79 Å². The Morgan fingerprint density at radius 3 is 2.40 bits per heavy atom. The van der Waals surface area contributed by atoms with Crippen LogP contribution in [0.2, 0.25) is 0 Å². The lowest BCUT2D eigenvalue weighted by Gasteiger charge is -2.26. The third-order valence-corrected chi connectivity index (χ3v) is 3.67. The highest BCUT2D eigenvalue weighted by molar-refractivity contribution is 5.89. The fraction of sp³-hybridized carbons (Fsp3) is 0.316. The molecule has 2 aromatic carbocycles. The van der Waals surface area contributed by atoms with E-state index in [9.17, 15) is 18.0 Å². The number of rotatable bonds is 6. The van der Waals surface area contributed by atoms with E-state index in [1.54, 1.807) is 0 Å². The number of carbonyl (C=O) groups is 1. The second kappa shape index (κ2) is 7.17. The van der Waals surface area contributed by atoms with Gasteiger partial charge in [-0.15, -0.1) is 0 Å². The molecule has 0 radical (unpaired) electrons. The van der Waals surface area contributed by atoms with Gasteiger partial charge in [0.05, 0.1) is 6.61 Å². The first-order valence-electron chi connectivity index (χ1n) is 7.70. The molecule has 0 spiro atoms. The molecule has 6 heteroatoms. The fourth-order valence-electron chi connectivity index (χ4n) is 2.21. The van der Waals surface area contributed by atoms with E-state index in [4.69, 9.17) is 9.47 Å². The zero-order chi connectivity index (χ0) is 18.7. The van der Waals surface area contributed by atoms with E-state index in [0.29, 0.717) is 5.75 Å². The lowest BCUT2D eigenvalue weighted by molar-refractivity contribution is -0.162. The van der Waals surface area contributed by atoms with Crippen molar-refractivity contribution in [2.24, 2.45) is 0 Å². The van der Waals surface area contributed by atoms with Crippen molar-refractivity contribution in [3.8, 4) is 5.75 Å². The summed E-state index contributed by atoms with van der Waals surface area (Å²) in [6.45, 7) is 5.99. The van der Waals surface area contributed by atoms with E-state index < -0.39 is 23.3 Å². The summed E-state index contributed by atoms with van der Waals surface area (Å²) in [4.78, 5) is 11.5. The van der Waals surface area contributed by atoms with Crippen molar-refractivity contribution in [2.75, 3.05) is 6.61 Å². The summed E-state index contributed by atoms with van der Waals surface area (Å²) in [6.07, 6.45) is -4.57. The Kier molecular flexibility index (Phi) is 5.40. The number of hydrogen-bond acceptors (Lipinski definition) is 3. The zero-order valence-electron chi connectivity index (χ0n) is 14.0. The Hall–Kier alpha value is -2.50. The number of hydrogen-bond donors (Lipinski definition) is 0. The number of benzene rings is 2. The van der Waals surface area contributed by atoms with Crippen LogP contribution in [0.15, 0.2) is 54.6 Å². The lowest BCUT2D eigenvalue weighted by atomic mass is 10.1. The quantitative estimate of drug-likeness (QED) is 0.539. The van der Waals surface area contributed by atoms with Gasteiger partial charge in [0.1, 0.15) is 16.9 Å². The summed E-state index contributed by atoms with van der Waals surface area (Å²) in [5.41, 5.74) is -2.63. The summed E-state index contributed by atoms with van der Waals surface area (Å²) in [5, 5.41) is 1.96. The number of esters is 1.